The molecule has 0 saturated carbocycles. The summed E-state index contributed by atoms with van der Waals surface area (Å²) in [5.41, 5.74) is 10.1. The summed E-state index contributed by atoms with van der Waals surface area (Å²) in [5.74, 6) is 0. The molecule has 192 valence electrons. The smallest absolute Gasteiger partial charge is 0.410 e. The van der Waals surface area contributed by atoms with Gasteiger partial charge in [0.15, 0.2) is 0 Å². The molecule has 0 atom stereocenters. The Morgan fingerprint density at radius 3 is 1.22 bits per heavy atom. The molecule has 32 heavy (non-hydrogen) atoms. The van der Waals surface area contributed by atoms with Crippen LogP contribution in [-0.2, 0) is 33.2 Å². The molecular weight excluding hydrogens is 422 g/mol. The Bertz CT molecular complexity index is 400. The van der Waals surface area contributed by atoms with Crippen molar-refractivity contribution < 1.29 is 38.0 Å². The monoisotopic (exact) mass is 467 g/mol. The van der Waals surface area contributed by atoms with Crippen molar-refractivity contribution in [1.82, 2.24) is 4.90 Å². The Morgan fingerprint density at radius 2 is 0.906 bits per heavy atom. The molecule has 0 heterocycles. The van der Waals surface area contributed by atoms with Gasteiger partial charge in [0.1, 0.15) is 5.60 Å². The summed E-state index contributed by atoms with van der Waals surface area (Å²) in [6.45, 7) is 12.9. The van der Waals surface area contributed by atoms with E-state index in [0.717, 1.165) is 0 Å². The molecule has 0 aromatic rings. The van der Waals surface area contributed by atoms with Crippen LogP contribution in [-0.4, -0.2) is 122 Å². The first-order valence-electron chi connectivity index (χ1n) is 11.2. The molecule has 0 unspecified atom stereocenters. The summed E-state index contributed by atoms with van der Waals surface area (Å²) < 4.78 is 37.8. The number of hydrogen-bond acceptors (Lipinski definition) is 10. The number of nitrogens with two attached hydrogens (primary N) is 2. The molecule has 0 aliphatic heterocycles. The van der Waals surface area contributed by atoms with Crippen LogP contribution < -0.4 is 11.5 Å². The lowest BCUT2D eigenvalue weighted by Crippen LogP contribution is -2.40. The zero-order valence-corrected chi connectivity index (χ0v) is 20.2. The third-order valence-electron chi connectivity index (χ3n) is 3.68. The largest absolute Gasteiger partial charge is 0.444 e. The highest BCUT2D eigenvalue weighted by Crippen LogP contribution is 2.09. The first kappa shape index (κ1) is 30.9. The first-order valence-corrected chi connectivity index (χ1v) is 11.2. The molecular formula is C21H45N3O8. The molecule has 11 nitrogen and oxygen atoms in total. The van der Waals surface area contributed by atoms with Gasteiger partial charge in [0.2, 0.25) is 0 Å². The summed E-state index contributed by atoms with van der Waals surface area (Å²) >= 11 is 0. The van der Waals surface area contributed by atoms with Crippen molar-refractivity contribution in [2.45, 2.75) is 26.4 Å². The topological polar surface area (TPSA) is 137 Å². The molecule has 0 aliphatic rings. The van der Waals surface area contributed by atoms with E-state index in [4.69, 9.17) is 44.6 Å². The van der Waals surface area contributed by atoms with E-state index in [0.29, 0.717) is 105 Å². The highest BCUT2D eigenvalue weighted by Gasteiger charge is 2.21. The maximum absolute atomic E-state index is 12.4. The van der Waals surface area contributed by atoms with Gasteiger partial charge in [-0.2, -0.15) is 0 Å². The van der Waals surface area contributed by atoms with Crippen molar-refractivity contribution in [2.24, 2.45) is 11.5 Å². The second-order valence-corrected chi connectivity index (χ2v) is 7.72. The molecule has 0 saturated heterocycles. The molecule has 0 aliphatic carbocycles. The number of ether oxygens (including phenoxy) is 7. The molecule has 0 fully saturated rings. The zero-order chi connectivity index (χ0) is 23.9. The predicted octanol–water partition coefficient (Wildman–Crippen LogP) is 0.241. The number of hydrogen-bond donors (Lipinski definition) is 2. The van der Waals surface area contributed by atoms with Gasteiger partial charge in [-0.1, -0.05) is 0 Å². The summed E-state index contributed by atoms with van der Waals surface area (Å²) in [6.07, 6.45) is -0.397. The Labute approximate surface area is 192 Å². The summed E-state index contributed by atoms with van der Waals surface area (Å²) in [6, 6.07) is 0. The van der Waals surface area contributed by atoms with Gasteiger partial charge in [0.05, 0.1) is 79.3 Å². The van der Waals surface area contributed by atoms with Crippen molar-refractivity contribution in [3.8, 4) is 0 Å². The van der Waals surface area contributed by atoms with Gasteiger partial charge in [-0.25, -0.2) is 4.79 Å². The van der Waals surface area contributed by atoms with E-state index in [1.165, 1.54) is 0 Å². The molecule has 11 heteroatoms. The lowest BCUT2D eigenvalue weighted by molar-refractivity contribution is -0.00819. The lowest BCUT2D eigenvalue weighted by Gasteiger charge is -2.27. The minimum atomic E-state index is -0.573. The maximum Gasteiger partial charge on any atom is 0.410 e. The Morgan fingerprint density at radius 1 is 0.594 bits per heavy atom. The Balaban J connectivity index is 3.95. The van der Waals surface area contributed by atoms with E-state index in [1.807, 2.05) is 20.8 Å². The van der Waals surface area contributed by atoms with Crippen molar-refractivity contribution in [3.63, 3.8) is 0 Å². The highest BCUT2D eigenvalue weighted by molar-refractivity contribution is 5.68. The predicted molar refractivity (Wildman–Crippen MR) is 121 cm³/mol. The van der Waals surface area contributed by atoms with E-state index in [-0.39, 0.29) is 0 Å². The molecule has 0 aromatic heterocycles. The summed E-state index contributed by atoms with van der Waals surface area (Å²) in [7, 11) is 0. The zero-order valence-electron chi connectivity index (χ0n) is 20.2. The number of rotatable bonds is 22. The molecule has 1 amide bonds. The fourth-order valence-corrected chi connectivity index (χ4v) is 2.22. The fraction of sp³-hybridized carbons (Fsp3) is 0.952. The van der Waals surface area contributed by atoms with Crippen LogP contribution in [0.3, 0.4) is 0 Å². The number of nitrogens with zero attached hydrogens (tertiary/aromatic N) is 1. The van der Waals surface area contributed by atoms with Gasteiger partial charge in [-0.3, -0.25) is 0 Å². The second-order valence-electron chi connectivity index (χ2n) is 7.72. The van der Waals surface area contributed by atoms with Gasteiger partial charge in [-0.15, -0.1) is 0 Å². The quantitative estimate of drug-likeness (QED) is 0.213. The molecule has 0 aromatic carbocycles. The van der Waals surface area contributed by atoms with Crippen LogP contribution in [0.1, 0.15) is 20.8 Å². The van der Waals surface area contributed by atoms with Crippen molar-refractivity contribution in [1.29, 1.82) is 0 Å². The van der Waals surface area contributed by atoms with Gasteiger partial charge < -0.3 is 49.5 Å². The minimum absolute atomic E-state index is 0.373. The average molecular weight is 468 g/mol. The summed E-state index contributed by atoms with van der Waals surface area (Å²) in [5, 5.41) is 0. The van der Waals surface area contributed by atoms with Crippen molar-refractivity contribution in [3.05, 3.63) is 0 Å². The average Bonchev–Trinajstić information content (AvgIpc) is 2.73. The van der Waals surface area contributed by atoms with Crippen molar-refractivity contribution in [2.75, 3.05) is 105 Å². The van der Waals surface area contributed by atoms with Gasteiger partial charge >= 0.3 is 6.09 Å². The van der Waals surface area contributed by atoms with Gasteiger partial charge in [-0.05, 0) is 20.8 Å². The van der Waals surface area contributed by atoms with E-state index in [9.17, 15) is 4.79 Å². The standard InChI is InChI=1S/C21H45N3O8/c1-21(2,3)32-20(25)24(6-10-28-14-18-30-16-12-26-8-4-22)7-11-29-15-19-31-17-13-27-9-5-23/h4-19,22-23H2,1-3H3. The van der Waals surface area contributed by atoms with Crippen LogP contribution in [0.15, 0.2) is 0 Å². The second kappa shape index (κ2) is 21.8. The number of amides is 1. The molecule has 0 rings (SSSR count). The third kappa shape index (κ3) is 22.2. The van der Waals surface area contributed by atoms with Crippen molar-refractivity contribution >= 4 is 6.09 Å². The van der Waals surface area contributed by atoms with Crippen LogP contribution in [0.2, 0.25) is 0 Å². The van der Waals surface area contributed by atoms with E-state index in [1.54, 1.807) is 4.90 Å². The SMILES string of the molecule is CC(C)(C)OC(=O)N(CCOCCOCCOCCN)CCOCCOCCOCCN. The van der Waals surface area contributed by atoms with E-state index >= 15 is 0 Å². The van der Waals surface area contributed by atoms with Gasteiger partial charge in [0, 0.05) is 26.2 Å². The fourth-order valence-electron chi connectivity index (χ4n) is 2.22. The number of carbonyl (C=O) groups excluding carboxylic acids is 1. The Kier molecular flexibility index (Phi) is 21.1. The lowest BCUT2D eigenvalue weighted by atomic mass is 10.2. The van der Waals surface area contributed by atoms with Crippen LogP contribution in [0.5, 0.6) is 0 Å². The molecule has 0 bridgehead atoms. The van der Waals surface area contributed by atoms with Crippen LogP contribution in [0.4, 0.5) is 4.79 Å². The summed E-state index contributed by atoms with van der Waals surface area (Å²) in [4.78, 5) is 14.0. The van der Waals surface area contributed by atoms with Crippen LogP contribution in [0.25, 0.3) is 0 Å². The molecule has 0 radical (unpaired) electrons. The maximum atomic E-state index is 12.4. The number of carbonyl (C=O) groups is 1. The minimum Gasteiger partial charge on any atom is -0.444 e. The van der Waals surface area contributed by atoms with E-state index < -0.39 is 11.7 Å². The Hall–Kier alpha value is -1.05. The molecule has 4 N–H and O–H groups in total. The third-order valence-corrected chi connectivity index (χ3v) is 3.68. The van der Waals surface area contributed by atoms with Crippen LogP contribution >= 0.6 is 0 Å². The van der Waals surface area contributed by atoms with E-state index in [2.05, 4.69) is 0 Å². The molecule has 0 spiro atoms. The highest BCUT2D eigenvalue weighted by atomic mass is 16.6. The van der Waals surface area contributed by atoms with Gasteiger partial charge in [0.25, 0.3) is 0 Å². The van der Waals surface area contributed by atoms with Crippen LogP contribution in [0, 0.1) is 0 Å². The normalized spacial score (nSPS) is 11.7. The first-order chi connectivity index (χ1) is 15.4.